The molecule has 0 aromatic carbocycles. The second-order valence-electron chi connectivity index (χ2n) is 20.9. The van der Waals surface area contributed by atoms with Crippen LogP contribution in [0.4, 0.5) is 0 Å². The number of hydrogen-bond acceptors (Lipinski definition) is 6. The Labute approximate surface area is 498 Å². The first-order chi connectivity index (χ1) is 40.0. The summed E-state index contributed by atoms with van der Waals surface area (Å²) in [5, 5.41) is 0. The molecule has 0 aliphatic rings. The molecule has 0 rings (SSSR count). The maximum Gasteiger partial charge on any atom is 0.310 e. The van der Waals surface area contributed by atoms with E-state index in [0.29, 0.717) is 19.3 Å². The van der Waals surface area contributed by atoms with E-state index in [0.717, 1.165) is 135 Å². The molecular formula is C75H118O6. The van der Waals surface area contributed by atoms with Crippen molar-refractivity contribution < 1.29 is 28.6 Å². The Balaban J connectivity index is 4.30. The van der Waals surface area contributed by atoms with Gasteiger partial charge in [0.1, 0.15) is 13.2 Å². The Morgan fingerprint density at radius 2 is 0.519 bits per heavy atom. The van der Waals surface area contributed by atoms with Crippen LogP contribution >= 0.6 is 0 Å². The van der Waals surface area contributed by atoms with E-state index >= 15 is 0 Å². The maximum atomic E-state index is 12.8. The Kier molecular flexibility index (Phi) is 62.9. The summed E-state index contributed by atoms with van der Waals surface area (Å²) in [5.41, 5.74) is 0. The topological polar surface area (TPSA) is 78.9 Å². The normalized spacial score (nSPS) is 13.3. The van der Waals surface area contributed by atoms with Crippen LogP contribution in [0.5, 0.6) is 0 Å². The molecule has 0 aliphatic heterocycles. The molecule has 1 unspecified atom stereocenters. The van der Waals surface area contributed by atoms with E-state index in [2.05, 4.69) is 179 Å². The number of carbonyl (C=O) groups is 3. The predicted octanol–water partition coefficient (Wildman–Crippen LogP) is 22.7. The van der Waals surface area contributed by atoms with E-state index < -0.39 is 12.1 Å². The number of carbonyl (C=O) groups excluding carboxylic acids is 3. The highest BCUT2D eigenvalue weighted by Gasteiger charge is 2.19. The zero-order valence-corrected chi connectivity index (χ0v) is 52.0. The highest BCUT2D eigenvalue weighted by atomic mass is 16.6. The van der Waals surface area contributed by atoms with Crippen LogP contribution in [-0.2, 0) is 28.6 Å². The molecule has 0 saturated carbocycles. The van der Waals surface area contributed by atoms with Crippen LogP contribution in [-0.4, -0.2) is 37.2 Å². The van der Waals surface area contributed by atoms with Crippen LogP contribution < -0.4 is 0 Å². The summed E-state index contributed by atoms with van der Waals surface area (Å²) >= 11 is 0. The maximum absolute atomic E-state index is 12.8. The average molecular weight is 1120 g/mol. The van der Waals surface area contributed by atoms with Gasteiger partial charge < -0.3 is 14.2 Å². The number of esters is 3. The van der Waals surface area contributed by atoms with E-state index in [1.54, 1.807) is 6.08 Å². The van der Waals surface area contributed by atoms with Crippen LogP contribution in [0.3, 0.4) is 0 Å². The molecule has 0 radical (unpaired) electrons. The molecule has 0 fully saturated rings. The first-order valence-corrected chi connectivity index (χ1v) is 32.6. The molecule has 0 heterocycles. The minimum atomic E-state index is -0.845. The van der Waals surface area contributed by atoms with Crippen LogP contribution in [0.25, 0.3) is 0 Å². The van der Waals surface area contributed by atoms with Crippen LogP contribution in [0.2, 0.25) is 0 Å². The number of rotatable bonds is 57. The van der Waals surface area contributed by atoms with Gasteiger partial charge in [0.15, 0.2) is 6.10 Å². The van der Waals surface area contributed by atoms with Crippen molar-refractivity contribution in [3.05, 3.63) is 170 Å². The molecule has 0 aliphatic carbocycles. The quantitative estimate of drug-likeness (QED) is 0.0261. The Morgan fingerprint density at radius 3 is 0.827 bits per heavy atom. The number of ether oxygens (including phenoxy) is 3. The molecule has 81 heavy (non-hydrogen) atoms. The molecule has 0 spiro atoms. The minimum absolute atomic E-state index is 0.0879. The first-order valence-electron chi connectivity index (χ1n) is 32.6. The summed E-state index contributed by atoms with van der Waals surface area (Å²) in [6.45, 7) is 6.29. The number of unbranched alkanes of at least 4 members (excludes halogenated alkanes) is 19. The SMILES string of the molecule is CC/C=C\C/C=C\C/C=C\C/C=C\C/C=C\C/C=C\C/C=C\C/C=C\CCCCCCCCCCCCC(=O)OCC(COC(=O)CCCCCCC/C=C\CCCCCC)OC(=O)C/C=C\C/C=C\C/C=C\C/C=C\C/C=C\CC. The molecule has 454 valence electrons. The molecule has 0 aromatic heterocycles. The van der Waals surface area contributed by atoms with Crippen molar-refractivity contribution in [1.82, 2.24) is 0 Å². The van der Waals surface area contributed by atoms with Gasteiger partial charge in [0.2, 0.25) is 0 Å². The summed E-state index contributed by atoms with van der Waals surface area (Å²) in [6, 6.07) is 0. The van der Waals surface area contributed by atoms with Crippen molar-refractivity contribution in [1.29, 1.82) is 0 Å². The van der Waals surface area contributed by atoms with Gasteiger partial charge in [0.05, 0.1) is 6.42 Å². The van der Waals surface area contributed by atoms with Gasteiger partial charge in [-0.2, -0.15) is 0 Å². The summed E-state index contributed by atoms with van der Waals surface area (Å²) < 4.78 is 16.8. The Hall–Kier alpha value is -5.23. The molecule has 6 heteroatoms. The van der Waals surface area contributed by atoms with E-state index in [9.17, 15) is 14.4 Å². The fourth-order valence-corrected chi connectivity index (χ4v) is 8.41. The number of hydrogen-bond donors (Lipinski definition) is 0. The fraction of sp³-hybridized carbons (Fsp3) is 0.587. The summed E-state index contributed by atoms with van der Waals surface area (Å²) in [5.74, 6) is -1.08. The summed E-state index contributed by atoms with van der Waals surface area (Å²) in [4.78, 5) is 38.2. The monoisotopic (exact) mass is 1110 g/mol. The fourth-order valence-electron chi connectivity index (χ4n) is 8.41. The van der Waals surface area contributed by atoms with Gasteiger partial charge in [0, 0.05) is 12.8 Å². The minimum Gasteiger partial charge on any atom is -0.462 e. The Bertz CT molecular complexity index is 1860. The van der Waals surface area contributed by atoms with Crippen molar-refractivity contribution in [3.8, 4) is 0 Å². The van der Waals surface area contributed by atoms with Crippen molar-refractivity contribution >= 4 is 17.9 Å². The lowest BCUT2D eigenvalue weighted by atomic mass is 10.1. The van der Waals surface area contributed by atoms with Gasteiger partial charge in [-0.1, -0.05) is 281 Å². The highest BCUT2D eigenvalue weighted by Crippen LogP contribution is 2.14. The molecule has 6 nitrogen and oxygen atoms in total. The molecule has 1 atom stereocenters. The molecular weight excluding hydrogens is 997 g/mol. The van der Waals surface area contributed by atoms with Crippen molar-refractivity contribution in [2.75, 3.05) is 13.2 Å². The van der Waals surface area contributed by atoms with Gasteiger partial charge in [-0.15, -0.1) is 0 Å². The number of allylic oxidation sites excluding steroid dienone is 27. The second-order valence-corrected chi connectivity index (χ2v) is 20.9. The van der Waals surface area contributed by atoms with Gasteiger partial charge >= 0.3 is 17.9 Å². The van der Waals surface area contributed by atoms with Crippen LogP contribution in [0, 0.1) is 0 Å². The van der Waals surface area contributed by atoms with Crippen molar-refractivity contribution in [2.24, 2.45) is 0 Å². The molecule has 0 N–H and O–H groups in total. The van der Waals surface area contributed by atoms with Gasteiger partial charge in [-0.05, 0) is 135 Å². The zero-order valence-electron chi connectivity index (χ0n) is 52.0. The third kappa shape index (κ3) is 65.5. The third-order valence-corrected chi connectivity index (χ3v) is 13.2. The summed E-state index contributed by atoms with van der Waals surface area (Å²) in [6.07, 6.45) is 99.7. The van der Waals surface area contributed by atoms with E-state index in [1.807, 2.05) is 6.08 Å². The summed E-state index contributed by atoms with van der Waals surface area (Å²) in [7, 11) is 0. The van der Waals surface area contributed by atoms with Gasteiger partial charge in [0.25, 0.3) is 0 Å². The zero-order chi connectivity index (χ0) is 58.5. The van der Waals surface area contributed by atoms with E-state index in [4.69, 9.17) is 14.2 Å². The molecule has 0 aromatic rings. The lowest BCUT2D eigenvalue weighted by Gasteiger charge is -2.18. The van der Waals surface area contributed by atoms with Crippen LogP contribution in [0.1, 0.15) is 265 Å². The van der Waals surface area contributed by atoms with Crippen molar-refractivity contribution in [3.63, 3.8) is 0 Å². The largest absolute Gasteiger partial charge is 0.462 e. The molecule has 0 saturated heterocycles. The third-order valence-electron chi connectivity index (χ3n) is 13.2. The van der Waals surface area contributed by atoms with E-state index in [1.165, 1.54) is 83.5 Å². The van der Waals surface area contributed by atoms with Gasteiger partial charge in [-0.25, -0.2) is 0 Å². The molecule has 0 amide bonds. The lowest BCUT2D eigenvalue weighted by Crippen LogP contribution is -2.30. The smallest absolute Gasteiger partial charge is 0.310 e. The highest BCUT2D eigenvalue weighted by molar-refractivity contribution is 5.72. The van der Waals surface area contributed by atoms with Crippen molar-refractivity contribution in [2.45, 2.75) is 271 Å². The first kappa shape index (κ1) is 75.8. The molecule has 0 bridgehead atoms. The standard InChI is InChI=1S/C75H118O6/c1-4-7-10-13-16-19-22-25-27-28-29-30-31-32-33-34-35-36-37-38-39-40-41-42-43-44-45-46-48-50-53-56-59-62-65-68-74(77)80-71-72(70-79-73(76)67-64-61-58-55-52-49-24-21-18-15-12-9-6-3)81-75(78)69-66-63-60-57-54-51-47-26-23-20-17-14-11-8-5-2/h7-8,10-11,16-17,19-21,24-27,29-30,32-33,35-36,38-39,41-42,47,54,57,63,66,72H,4-6,9,12-15,18,22-23,28,31,34,37,40,43-46,48-53,55-56,58-62,64-65,67-71H2,1-3H3/b10-7-,11-8-,19-16-,20-17-,24-21-,27-25-,30-29-,33-32-,36-35-,39-38-,42-41-,47-26-,57-54-,66-63-. The lowest BCUT2D eigenvalue weighted by molar-refractivity contribution is -0.166. The van der Waals surface area contributed by atoms with E-state index in [-0.39, 0.29) is 31.6 Å². The Morgan fingerprint density at radius 1 is 0.272 bits per heavy atom. The predicted molar refractivity (Wildman–Crippen MR) is 352 cm³/mol. The van der Waals surface area contributed by atoms with Crippen LogP contribution in [0.15, 0.2) is 170 Å². The van der Waals surface area contributed by atoms with Gasteiger partial charge in [-0.3, -0.25) is 14.4 Å². The second kappa shape index (κ2) is 67.3. The average Bonchev–Trinajstić information content (AvgIpc) is 3.46.